The number of nitrogens with zero attached hydrogens (tertiary/aromatic N) is 1. The molecule has 2 unspecified atom stereocenters. The molecule has 0 spiro atoms. The molecular weight excluding hydrogens is 236 g/mol. The first kappa shape index (κ1) is 13.9. The van der Waals surface area contributed by atoms with Crippen molar-refractivity contribution in [2.75, 3.05) is 7.11 Å². The summed E-state index contributed by atoms with van der Waals surface area (Å²) < 4.78 is 5.46. The highest BCUT2D eigenvalue weighted by molar-refractivity contribution is 5.42. The molecule has 2 atom stereocenters. The van der Waals surface area contributed by atoms with E-state index in [0.29, 0.717) is 18.5 Å². The summed E-state index contributed by atoms with van der Waals surface area (Å²) in [6.45, 7) is 2.13. The van der Waals surface area contributed by atoms with Crippen LogP contribution in [0.4, 0.5) is 0 Å². The molecule has 0 aliphatic heterocycles. The second kappa shape index (κ2) is 6.58. The summed E-state index contributed by atoms with van der Waals surface area (Å²) in [7, 11) is 1.73. The Hall–Kier alpha value is -1.53. The third-order valence-electron chi connectivity index (χ3n) is 3.96. The highest BCUT2D eigenvalue weighted by Gasteiger charge is 2.22. The molecule has 19 heavy (non-hydrogen) atoms. The zero-order valence-electron chi connectivity index (χ0n) is 11.8. The van der Waals surface area contributed by atoms with Crippen molar-refractivity contribution in [1.82, 2.24) is 5.32 Å². The van der Waals surface area contributed by atoms with Gasteiger partial charge >= 0.3 is 0 Å². The molecule has 0 aromatic heterocycles. The van der Waals surface area contributed by atoms with E-state index in [1.54, 1.807) is 7.11 Å². The topological polar surface area (TPSA) is 45.0 Å². The van der Waals surface area contributed by atoms with Gasteiger partial charge in [0.05, 0.1) is 19.6 Å². The molecule has 0 bridgehead atoms. The van der Waals surface area contributed by atoms with Crippen molar-refractivity contribution in [2.45, 2.75) is 51.1 Å². The average Bonchev–Trinajstić information content (AvgIpc) is 2.46. The van der Waals surface area contributed by atoms with Gasteiger partial charge in [-0.05, 0) is 42.9 Å². The van der Waals surface area contributed by atoms with Gasteiger partial charge in [-0.25, -0.2) is 0 Å². The van der Waals surface area contributed by atoms with E-state index in [1.165, 1.54) is 11.1 Å². The van der Waals surface area contributed by atoms with Gasteiger partial charge in [0.2, 0.25) is 0 Å². The number of hydrogen-bond donors (Lipinski definition) is 1. The number of hydrogen-bond acceptors (Lipinski definition) is 3. The van der Waals surface area contributed by atoms with Gasteiger partial charge in [-0.2, -0.15) is 5.26 Å². The van der Waals surface area contributed by atoms with Gasteiger partial charge in [0.15, 0.2) is 0 Å². The first-order valence-corrected chi connectivity index (χ1v) is 7.06. The molecule has 0 fully saturated rings. The van der Waals surface area contributed by atoms with E-state index < -0.39 is 0 Å². The van der Waals surface area contributed by atoms with Crippen molar-refractivity contribution in [1.29, 1.82) is 5.26 Å². The molecule has 3 heteroatoms. The quantitative estimate of drug-likeness (QED) is 0.883. The normalized spacial score (nSPS) is 19.3. The summed E-state index contributed by atoms with van der Waals surface area (Å²) >= 11 is 0. The number of ether oxygens (including phenoxy) is 1. The van der Waals surface area contributed by atoms with Gasteiger partial charge in [0.25, 0.3) is 0 Å². The molecule has 3 nitrogen and oxygen atoms in total. The summed E-state index contributed by atoms with van der Waals surface area (Å²) in [5, 5.41) is 12.4. The van der Waals surface area contributed by atoms with E-state index in [-0.39, 0.29) is 0 Å². The van der Waals surface area contributed by atoms with Crippen molar-refractivity contribution in [3.63, 3.8) is 0 Å². The Morgan fingerprint density at radius 1 is 1.53 bits per heavy atom. The molecular formula is C16H22N2O. The monoisotopic (exact) mass is 258 g/mol. The van der Waals surface area contributed by atoms with Gasteiger partial charge in [-0.3, -0.25) is 0 Å². The molecule has 1 N–H and O–H groups in total. The van der Waals surface area contributed by atoms with Crippen LogP contribution in [0.1, 0.15) is 37.3 Å². The maximum absolute atomic E-state index is 8.83. The summed E-state index contributed by atoms with van der Waals surface area (Å²) in [6, 6.07) is 9.33. The lowest BCUT2D eigenvalue weighted by molar-refractivity contribution is 0.370. The summed E-state index contributed by atoms with van der Waals surface area (Å²) in [6.07, 6.45) is 4.82. The molecule has 1 aromatic rings. The van der Waals surface area contributed by atoms with Crippen LogP contribution in [-0.2, 0) is 12.8 Å². The number of methoxy groups -OCH3 is 1. The number of fused-ring (bicyclic) bond motifs is 1. The van der Waals surface area contributed by atoms with Crippen molar-refractivity contribution in [3.8, 4) is 11.8 Å². The number of aryl methyl sites for hydroxylation is 1. The highest BCUT2D eigenvalue weighted by Crippen LogP contribution is 2.29. The first-order valence-electron chi connectivity index (χ1n) is 7.06. The maximum atomic E-state index is 8.83. The van der Waals surface area contributed by atoms with Crippen molar-refractivity contribution in [2.24, 2.45) is 0 Å². The van der Waals surface area contributed by atoms with Gasteiger partial charge in [0.1, 0.15) is 5.75 Å². The number of nitrogens with one attached hydrogen (secondary N) is 1. The van der Waals surface area contributed by atoms with Crippen LogP contribution in [0.5, 0.6) is 5.75 Å². The molecule has 0 amide bonds. The molecule has 0 radical (unpaired) electrons. The molecule has 2 rings (SSSR count). The van der Waals surface area contributed by atoms with E-state index in [1.807, 2.05) is 6.07 Å². The minimum absolute atomic E-state index is 0.311. The minimum Gasteiger partial charge on any atom is -0.496 e. The van der Waals surface area contributed by atoms with E-state index >= 15 is 0 Å². The lowest BCUT2D eigenvalue weighted by Crippen LogP contribution is -2.41. The third kappa shape index (κ3) is 3.27. The van der Waals surface area contributed by atoms with Crippen LogP contribution in [0, 0.1) is 11.3 Å². The molecule has 0 saturated heterocycles. The summed E-state index contributed by atoms with van der Waals surface area (Å²) in [4.78, 5) is 0. The maximum Gasteiger partial charge on any atom is 0.122 e. The van der Waals surface area contributed by atoms with Crippen molar-refractivity contribution >= 4 is 0 Å². The number of rotatable bonds is 5. The fraction of sp³-hybridized carbons (Fsp3) is 0.562. The Labute approximate surface area is 115 Å². The predicted molar refractivity (Wildman–Crippen MR) is 76.3 cm³/mol. The first-order chi connectivity index (χ1) is 9.28. The zero-order chi connectivity index (χ0) is 13.7. The van der Waals surface area contributed by atoms with Crippen LogP contribution in [0.3, 0.4) is 0 Å². The van der Waals surface area contributed by atoms with E-state index in [2.05, 4.69) is 30.4 Å². The smallest absolute Gasteiger partial charge is 0.122 e. The van der Waals surface area contributed by atoms with Crippen molar-refractivity contribution < 1.29 is 4.74 Å². The van der Waals surface area contributed by atoms with Crippen molar-refractivity contribution in [3.05, 3.63) is 29.3 Å². The Kier molecular flexibility index (Phi) is 4.81. The predicted octanol–water partition coefficient (Wildman–Crippen LogP) is 2.83. The second-order valence-electron chi connectivity index (χ2n) is 5.17. The van der Waals surface area contributed by atoms with E-state index in [9.17, 15) is 0 Å². The zero-order valence-corrected chi connectivity index (χ0v) is 11.8. The Bertz CT molecular complexity index is 450. The molecule has 1 aromatic carbocycles. The standard InChI is InChI=1S/C16H22N2O/c1-3-13(9-10-17)18-14-8-7-12-5-4-6-16(19-2)15(12)11-14/h4-6,13-14,18H,3,7-9,11H2,1-2H3. The Morgan fingerprint density at radius 3 is 3.05 bits per heavy atom. The average molecular weight is 258 g/mol. The SMILES string of the molecule is CCC(CC#N)NC1CCc2cccc(OC)c2C1. The lowest BCUT2D eigenvalue weighted by atomic mass is 9.87. The molecule has 1 aliphatic rings. The van der Waals surface area contributed by atoms with Crippen LogP contribution in [0.2, 0.25) is 0 Å². The van der Waals surface area contributed by atoms with E-state index in [4.69, 9.17) is 10.00 Å². The minimum atomic E-state index is 0.311. The fourth-order valence-corrected chi connectivity index (χ4v) is 2.85. The molecule has 0 saturated carbocycles. The van der Waals surface area contributed by atoms with Crippen LogP contribution in [0.25, 0.3) is 0 Å². The van der Waals surface area contributed by atoms with Gasteiger partial charge in [-0.1, -0.05) is 19.1 Å². The number of benzene rings is 1. The Balaban J connectivity index is 2.07. The largest absolute Gasteiger partial charge is 0.496 e. The fourth-order valence-electron chi connectivity index (χ4n) is 2.85. The van der Waals surface area contributed by atoms with E-state index in [0.717, 1.165) is 31.4 Å². The van der Waals surface area contributed by atoms with Crippen LogP contribution < -0.4 is 10.1 Å². The van der Waals surface area contributed by atoms with Crippen LogP contribution >= 0.6 is 0 Å². The summed E-state index contributed by atoms with van der Waals surface area (Å²) in [5.74, 6) is 0.998. The van der Waals surface area contributed by atoms with Gasteiger partial charge in [-0.15, -0.1) is 0 Å². The third-order valence-corrected chi connectivity index (χ3v) is 3.96. The number of nitriles is 1. The molecule has 0 heterocycles. The van der Waals surface area contributed by atoms with Crippen LogP contribution in [-0.4, -0.2) is 19.2 Å². The molecule has 1 aliphatic carbocycles. The lowest BCUT2D eigenvalue weighted by Gasteiger charge is -2.29. The van der Waals surface area contributed by atoms with Crippen LogP contribution in [0.15, 0.2) is 18.2 Å². The van der Waals surface area contributed by atoms with Gasteiger partial charge < -0.3 is 10.1 Å². The highest BCUT2D eigenvalue weighted by atomic mass is 16.5. The summed E-state index contributed by atoms with van der Waals surface area (Å²) in [5.41, 5.74) is 2.74. The molecule has 102 valence electrons. The second-order valence-corrected chi connectivity index (χ2v) is 5.17. The van der Waals surface area contributed by atoms with Gasteiger partial charge in [0, 0.05) is 12.1 Å². The Morgan fingerprint density at radius 2 is 2.37 bits per heavy atom.